The maximum Gasteiger partial charge on any atom is 0.0593 e. The van der Waals surface area contributed by atoms with Crippen molar-refractivity contribution in [2.24, 2.45) is 5.84 Å². The molecule has 3 N–H and O–H groups in total. The van der Waals surface area contributed by atoms with E-state index in [0.717, 1.165) is 11.4 Å². The summed E-state index contributed by atoms with van der Waals surface area (Å²) in [6.07, 6.45) is 0.823. The highest BCUT2D eigenvalue weighted by Crippen LogP contribution is 2.31. The van der Waals surface area contributed by atoms with Crippen molar-refractivity contribution < 1.29 is 0 Å². The maximum absolute atomic E-state index is 6.03. The fourth-order valence-corrected chi connectivity index (χ4v) is 3.65. The van der Waals surface area contributed by atoms with Gasteiger partial charge < -0.3 is 0 Å². The van der Waals surface area contributed by atoms with E-state index in [1.165, 1.54) is 20.5 Å². The zero-order valence-electron chi connectivity index (χ0n) is 10.8. The van der Waals surface area contributed by atoms with Gasteiger partial charge in [-0.3, -0.25) is 11.3 Å². The third kappa shape index (κ3) is 2.86. The Bertz CT molecular complexity index is 690. The van der Waals surface area contributed by atoms with Crippen molar-refractivity contribution in [1.29, 1.82) is 0 Å². The minimum atomic E-state index is 0.103. The van der Waals surface area contributed by atoms with Crippen LogP contribution in [0.15, 0.2) is 54.6 Å². The molecule has 0 fully saturated rings. The number of nitrogens with two attached hydrogens (primary N) is 1. The van der Waals surface area contributed by atoms with Gasteiger partial charge in [0.05, 0.1) is 6.04 Å². The van der Waals surface area contributed by atoms with Crippen LogP contribution >= 0.6 is 22.9 Å². The van der Waals surface area contributed by atoms with Crippen LogP contribution < -0.4 is 11.3 Å². The Hall–Kier alpha value is -1.39. The highest BCUT2D eigenvalue weighted by atomic mass is 35.5. The number of nitrogens with one attached hydrogen (secondary N) is 1. The quantitative estimate of drug-likeness (QED) is 0.557. The molecule has 2 nitrogen and oxygen atoms in total. The molecule has 2 aromatic carbocycles. The van der Waals surface area contributed by atoms with Crippen molar-refractivity contribution >= 4 is 33.0 Å². The second-order valence-corrected chi connectivity index (χ2v) is 6.29. The Balaban J connectivity index is 1.89. The summed E-state index contributed by atoms with van der Waals surface area (Å²) in [5.41, 5.74) is 4.09. The Kier molecular flexibility index (Phi) is 4.03. The molecule has 3 rings (SSSR count). The lowest BCUT2D eigenvalue weighted by Crippen LogP contribution is -2.28. The first-order chi connectivity index (χ1) is 9.76. The molecular formula is C16H15ClN2S. The van der Waals surface area contributed by atoms with Crippen LogP contribution in [0.4, 0.5) is 0 Å². The van der Waals surface area contributed by atoms with E-state index in [4.69, 9.17) is 17.4 Å². The second-order valence-electron chi connectivity index (χ2n) is 4.74. The smallest absolute Gasteiger partial charge is 0.0593 e. The summed E-state index contributed by atoms with van der Waals surface area (Å²) in [5.74, 6) is 5.74. The van der Waals surface area contributed by atoms with Crippen molar-refractivity contribution in [2.45, 2.75) is 12.5 Å². The van der Waals surface area contributed by atoms with E-state index in [-0.39, 0.29) is 6.04 Å². The largest absolute Gasteiger partial charge is 0.271 e. The lowest BCUT2D eigenvalue weighted by molar-refractivity contribution is 0.561. The van der Waals surface area contributed by atoms with Gasteiger partial charge in [-0.1, -0.05) is 41.9 Å². The average Bonchev–Trinajstić information content (AvgIpc) is 2.88. The summed E-state index contributed by atoms with van der Waals surface area (Å²) < 4.78 is 1.29. The van der Waals surface area contributed by atoms with Crippen molar-refractivity contribution in [3.63, 3.8) is 0 Å². The Morgan fingerprint density at radius 2 is 1.95 bits per heavy atom. The maximum atomic E-state index is 6.03. The summed E-state index contributed by atoms with van der Waals surface area (Å²) in [6.45, 7) is 0. The fraction of sp³-hybridized carbons (Fsp3) is 0.125. The molecule has 0 amide bonds. The summed E-state index contributed by atoms with van der Waals surface area (Å²) >= 11 is 7.81. The molecular weight excluding hydrogens is 288 g/mol. The topological polar surface area (TPSA) is 38.0 Å². The number of rotatable bonds is 4. The normalized spacial score (nSPS) is 12.7. The van der Waals surface area contributed by atoms with Gasteiger partial charge >= 0.3 is 0 Å². The summed E-state index contributed by atoms with van der Waals surface area (Å²) in [5, 5.41) is 2.02. The van der Waals surface area contributed by atoms with Gasteiger partial charge in [0.15, 0.2) is 0 Å². The molecule has 0 saturated heterocycles. The van der Waals surface area contributed by atoms with Crippen LogP contribution in [0.25, 0.3) is 10.1 Å². The molecule has 1 atom stereocenters. The first kappa shape index (κ1) is 13.6. The summed E-state index contributed by atoms with van der Waals surface area (Å²) in [4.78, 5) is 1.24. The molecule has 0 aliphatic heterocycles. The molecule has 0 saturated carbocycles. The molecule has 1 unspecified atom stereocenters. The molecule has 1 heterocycles. The van der Waals surface area contributed by atoms with Crippen LogP contribution in [0.5, 0.6) is 0 Å². The van der Waals surface area contributed by atoms with Crippen molar-refractivity contribution in [1.82, 2.24) is 5.43 Å². The Labute approximate surface area is 127 Å². The molecule has 0 spiro atoms. The minimum Gasteiger partial charge on any atom is -0.271 e. The average molecular weight is 303 g/mol. The van der Waals surface area contributed by atoms with E-state index in [1.54, 1.807) is 11.3 Å². The van der Waals surface area contributed by atoms with Gasteiger partial charge in [0.25, 0.3) is 0 Å². The number of hydrogen-bond acceptors (Lipinski definition) is 3. The van der Waals surface area contributed by atoms with E-state index in [2.05, 4.69) is 41.8 Å². The van der Waals surface area contributed by atoms with E-state index in [0.29, 0.717) is 0 Å². The zero-order valence-corrected chi connectivity index (χ0v) is 12.4. The lowest BCUT2D eigenvalue weighted by atomic mass is 10.0. The third-order valence-corrected chi connectivity index (χ3v) is 4.78. The first-order valence-electron chi connectivity index (χ1n) is 6.45. The van der Waals surface area contributed by atoms with E-state index in [9.17, 15) is 0 Å². The van der Waals surface area contributed by atoms with Gasteiger partial charge in [0, 0.05) is 14.6 Å². The zero-order chi connectivity index (χ0) is 13.9. The van der Waals surface area contributed by atoms with Crippen LogP contribution in [-0.4, -0.2) is 0 Å². The van der Waals surface area contributed by atoms with Crippen LogP contribution in [-0.2, 0) is 6.42 Å². The number of fused-ring (bicyclic) bond motifs is 1. The monoisotopic (exact) mass is 302 g/mol. The van der Waals surface area contributed by atoms with Crippen molar-refractivity contribution in [3.05, 3.63) is 70.1 Å². The van der Waals surface area contributed by atoms with Gasteiger partial charge in [-0.05, 0) is 41.6 Å². The Morgan fingerprint density at radius 1 is 1.10 bits per heavy atom. The van der Waals surface area contributed by atoms with E-state index >= 15 is 0 Å². The van der Waals surface area contributed by atoms with Gasteiger partial charge in [-0.15, -0.1) is 11.3 Å². The SMILES string of the molecule is NNC(Cc1cccc(Cl)c1)c1cc2ccccc2s1. The van der Waals surface area contributed by atoms with Gasteiger partial charge in [-0.25, -0.2) is 0 Å². The molecule has 0 aliphatic carbocycles. The molecule has 1 aromatic heterocycles. The third-order valence-electron chi connectivity index (χ3n) is 3.32. The highest BCUT2D eigenvalue weighted by molar-refractivity contribution is 7.19. The number of hydrogen-bond donors (Lipinski definition) is 2. The summed E-state index contributed by atoms with van der Waals surface area (Å²) in [6, 6.07) is 18.6. The molecule has 20 heavy (non-hydrogen) atoms. The summed E-state index contributed by atoms with van der Waals surface area (Å²) in [7, 11) is 0. The van der Waals surface area contributed by atoms with E-state index in [1.807, 2.05) is 18.2 Å². The molecule has 102 valence electrons. The van der Waals surface area contributed by atoms with Crippen LogP contribution in [0, 0.1) is 0 Å². The highest BCUT2D eigenvalue weighted by Gasteiger charge is 2.14. The molecule has 0 bridgehead atoms. The number of halogens is 1. The van der Waals surface area contributed by atoms with Gasteiger partial charge in [0.1, 0.15) is 0 Å². The predicted octanol–water partition coefficient (Wildman–Crippen LogP) is 4.30. The minimum absolute atomic E-state index is 0.103. The predicted molar refractivity (Wildman–Crippen MR) is 87.0 cm³/mol. The van der Waals surface area contributed by atoms with Gasteiger partial charge in [-0.2, -0.15) is 0 Å². The number of benzene rings is 2. The number of thiophene rings is 1. The number of hydrazine groups is 1. The Morgan fingerprint density at radius 3 is 2.70 bits per heavy atom. The molecule has 0 radical (unpaired) electrons. The molecule has 3 aromatic rings. The first-order valence-corrected chi connectivity index (χ1v) is 7.65. The fourth-order valence-electron chi connectivity index (χ4n) is 2.32. The van der Waals surface area contributed by atoms with Crippen molar-refractivity contribution in [2.75, 3.05) is 0 Å². The van der Waals surface area contributed by atoms with Gasteiger partial charge in [0.2, 0.25) is 0 Å². The second kappa shape index (κ2) is 5.94. The van der Waals surface area contributed by atoms with Crippen LogP contribution in [0.1, 0.15) is 16.5 Å². The van der Waals surface area contributed by atoms with Crippen molar-refractivity contribution in [3.8, 4) is 0 Å². The van der Waals surface area contributed by atoms with Crippen LogP contribution in [0.2, 0.25) is 5.02 Å². The molecule has 4 heteroatoms. The standard InChI is InChI=1S/C16H15ClN2S/c17-13-6-3-4-11(8-13)9-14(19-18)16-10-12-5-1-2-7-15(12)20-16/h1-8,10,14,19H,9,18H2. The van der Waals surface area contributed by atoms with E-state index < -0.39 is 0 Å². The van der Waals surface area contributed by atoms with Crippen LogP contribution in [0.3, 0.4) is 0 Å². The lowest BCUT2D eigenvalue weighted by Gasteiger charge is -2.14. The molecule has 0 aliphatic rings.